The molecule has 2 atom stereocenters. The summed E-state index contributed by atoms with van der Waals surface area (Å²) in [5.74, 6) is 0.790. The van der Waals surface area contributed by atoms with E-state index in [0.29, 0.717) is 10.5 Å². The number of unbranched alkanes of at least 4 members (excludes halogenated alkanes) is 4. The predicted octanol–water partition coefficient (Wildman–Crippen LogP) is 8.29. The minimum absolute atomic E-state index is 0.324. The van der Waals surface area contributed by atoms with Gasteiger partial charge in [0.1, 0.15) is 0 Å². The van der Waals surface area contributed by atoms with Crippen LogP contribution in [0.5, 0.6) is 0 Å². The topological polar surface area (TPSA) is 9.23 Å². The maximum atomic E-state index is 6.27. The summed E-state index contributed by atoms with van der Waals surface area (Å²) >= 11 is 0. The van der Waals surface area contributed by atoms with Gasteiger partial charge in [0.2, 0.25) is 0 Å². The van der Waals surface area contributed by atoms with Gasteiger partial charge in [0.25, 0.3) is 0 Å². The lowest BCUT2D eigenvalue weighted by atomic mass is 9.93. The van der Waals surface area contributed by atoms with Gasteiger partial charge < -0.3 is 4.43 Å². The molecule has 26 heavy (non-hydrogen) atoms. The summed E-state index contributed by atoms with van der Waals surface area (Å²) in [6.07, 6.45) is 18.0. The first-order valence-corrected chi connectivity index (χ1v) is 13.9. The predicted molar refractivity (Wildman–Crippen MR) is 120 cm³/mol. The first-order chi connectivity index (χ1) is 12.0. The SMILES string of the molecule is CCCCC[C@@]1(C=C(C)C)C[C@@H]1/C=C\CCCCO[Si](C)(C)C(C)(C)C. The van der Waals surface area contributed by atoms with Gasteiger partial charge in [0.05, 0.1) is 0 Å². The Labute approximate surface area is 165 Å². The maximum Gasteiger partial charge on any atom is 0.191 e. The molecule has 0 aromatic carbocycles. The second-order valence-electron chi connectivity index (χ2n) is 10.3. The lowest BCUT2D eigenvalue weighted by molar-refractivity contribution is 0.279. The molecule has 1 fully saturated rings. The molecule has 0 radical (unpaired) electrons. The highest BCUT2D eigenvalue weighted by Gasteiger charge is 2.49. The average Bonchev–Trinajstić information content (AvgIpc) is 3.17. The molecular weight excluding hydrogens is 332 g/mol. The van der Waals surface area contributed by atoms with Gasteiger partial charge >= 0.3 is 0 Å². The third kappa shape index (κ3) is 7.72. The normalized spacial score (nSPS) is 23.5. The summed E-state index contributed by atoms with van der Waals surface area (Å²) in [5.41, 5.74) is 1.98. The molecule has 0 saturated heterocycles. The van der Waals surface area contributed by atoms with Crippen LogP contribution >= 0.6 is 0 Å². The van der Waals surface area contributed by atoms with Crippen LogP contribution in [0.4, 0.5) is 0 Å². The maximum absolute atomic E-state index is 6.27. The van der Waals surface area contributed by atoms with Crippen molar-refractivity contribution >= 4 is 8.32 Å². The lowest BCUT2D eigenvalue weighted by Gasteiger charge is -2.36. The second kappa shape index (κ2) is 10.3. The van der Waals surface area contributed by atoms with Crippen molar-refractivity contribution < 1.29 is 4.43 Å². The molecule has 0 amide bonds. The van der Waals surface area contributed by atoms with E-state index in [9.17, 15) is 0 Å². The van der Waals surface area contributed by atoms with Gasteiger partial charge in [-0.15, -0.1) is 0 Å². The highest BCUT2D eigenvalue weighted by Crippen LogP contribution is 2.58. The molecule has 0 heterocycles. The van der Waals surface area contributed by atoms with Crippen LogP contribution in [-0.2, 0) is 4.43 Å². The molecule has 0 aromatic rings. The molecule has 152 valence electrons. The second-order valence-corrected chi connectivity index (χ2v) is 15.1. The molecule has 1 saturated carbocycles. The van der Waals surface area contributed by atoms with Crippen molar-refractivity contribution in [2.24, 2.45) is 11.3 Å². The molecule has 0 N–H and O–H groups in total. The fraction of sp³-hybridized carbons (Fsp3) is 0.833. The molecule has 1 aliphatic carbocycles. The summed E-state index contributed by atoms with van der Waals surface area (Å²) in [6, 6.07) is 0. The molecule has 2 heteroatoms. The van der Waals surface area contributed by atoms with Crippen LogP contribution in [0.25, 0.3) is 0 Å². The Hall–Kier alpha value is -0.343. The zero-order valence-electron chi connectivity index (χ0n) is 19.1. The van der Waals surface area contributed by atoms with E-state index in [2.05, 4.69) is 72.9 Å². The first-order valence-electron chi connectivity index (χ1n) is 11.0. The van der Waals surface area contributed by atoms with Crippen molar-refractivity contribution in [1.29, 1.82) is 0 Å². The first kappa shape index (κ1) is 23.7. The van der Waals surface area contributed by atoms with Crippen molar-refractivity contribution in [3.63, 3.8) is 0 Å². The minimum Gasteiger partial charge on any atom is -0.417 e. The van der Waals surface area contributed by atoms with E-state index in [1.807, 2.05) is 0 Å². The fourth-order valence-electron chi connectivity index (χ4n) is 3.58. The summed E-state index contributed by atoms with van der Waals surface area (Å²) in [6.45, 7) is 19.4. The third-order valence-corrected chi connectivity index (χ3v) is 10.9. The molecule has 0 aromatic heterocycles. The van der Waals surface area contributed by atoms with E-state index in [4.69, 9.17) is 4.43 Å². The standard InChI is InChI=1S/C24H46OSi/c1-9-10-14-17-24(19-21(2)3)20-22(24)16-13-11-12-15-18-25-26(7,8)23(4,5)6/h13,16,19,22H,9-12,14-15,17-18,20H2,1-8H3/b16-13-/t22-,24+/m0/s1. The quantitative estimate of drug-likeness (QED) is 0.188. The Morgan fingerprint density at radius 3 is 2.38 bits per heavy atom. The number of hydrogen-bond acceptors (Lipinski definition) is 1. The van der Waals surface area contributed by atoms with Gasteiger partial charge in [-0.2, -0.15) is 0 Å². The smallest absolute Gasteiger partial charge is 0.191 e. The van der Waals surface area contributed by atoms with Gasteiger partial charge in [-0.1, -0.05) is 70.8 Å². The molecule has 0 bridgehead atoms. The van der Waals surface area contributed by atoms with Gasteiger partial charge in [0, 0.05) is 6.61 Å². The Bertz CT molecular complexity index is 465. The lowest BCUT2D eigenvalue weighted by Crippen LogP contribution is -2.40. The number of rotatable bonds is 12. The van der Waals surface area contributed by atoms with E-state index in [-0.39, 0.29) is 0 Å². The molecule has 0 aliphatic heterocycles. The highest BCUT2D eigenvalue weighted by atomic mass is 28.4. The minimum atomic E-state index is -1.56. The van der Waals surface area contributed by atoms with Crippen molar-refractivity contribution in [2.75, 3.05) is 6.61 Å². The van der Waals surface area contributed by atoms with Crippen LogP contribution in [0.1, 0.15) is 92.9 Å². The van der Waals surface area contributed by atoms with E-state index >= 15 is 0 Å². The Morgan fingerprint density at radius 2 is 1.81 bits per heavy atom. The summed E-state index contributed by atoms with van der Waals surface area (Å²) in [4.78, 5) is 0. The third-order valence-electron chi connectivity index (χ3n) is 6.40. The van der Waals surface area contributed by atoms with Crippen LogP contribution in [0.2, 0.25) is 18.1 Å². The van der Waals surface area contributed by atoms with E-state index in [1.165, 1.54) is 56.9 Å². The van der Waals surface area contributed by atoms with Gasteiger partial charge in [-0.3, -0.25) is 0 Å². The van der Waals surface area contributed by atoms with Crippen molar-refractivity contribution in [1.82, 2.24) is 0 Å². The van der Waals surface area contributed by atoms with Gasteiger partial charge in [-0.25, -0.2) is 0 Å². The molecule has 0 spiro atoms. The average molecular weight is 379 g/mol. The van der Waals surface area contributed by atoms with E-state index in [0.717, 1.165) is 12.5 Å². The monoisotopic (exact) mass is 378 g/mol. The summed E-state index contributed by atoms with van der Waals surface area (Å²) in [5, 5.41) is 0.324. The largest absolute Gasteiger partial charge is 0.417 e. The molecular formula is C24H46OSi. The van der Waals surface area contributed by atoms with E-state index in [1.54, 1.807) is 0 Å². The summed E-state index contributed by atoms with van der Waals surface area (Å²) in [7, 11) is -1.56. The summed E-state index contributed by atoms with van der Waals surface area (Å²) < 4.78 is 6.27. The molecule has 1 aliphatic rings. The van der Waals surface area contributed by atoms with Crippen LogP contribution in [0.15, 0.2) is 23.8 Å². The number of allylic oxidation sites excluding steroid dienone is 4. The van der Waals surface area contributed by atoms with E-state index < -0.39 is 8.32 Å². The van der Waals surface area contributed by atoms with Crippen molar-refractivity contribution in [3.8, 4) is 0 Å². The molecule has 1 rings (SSSR count). The highest BCUT2D eigenvalue weighted by molar-refractivity contribution is 6.74. The van der Waals surface area contributed by atoms with Gasteiger partial charge in [0.15, 0.2) is 8.32 Å². The van der Waals surface area contributed by atoms with Crippen LogP contribution in [0, 0.1) is 11.3 Å². The van der Waals surface area contributed by atoms with Crippen LogP contribution in [0.3, 0.4) is 0 Å². The fourth-order valence-corrected chi connectivity index (χ4v) is 4.67. The zero-order valence-corrected chi connectivity index (χ0v) is 20.1. The Morgan fingerprint density at radius 1 is 1.12 bits per heavy atom. The van der Waals surface area contributed by atoms with Crippen LogP contribution < -0.4 is 0 Å². The zero-order chi connectivity index (χ0) is 19.8. The molecule has 0 unspecified atom stereocenters. The Kier molecular flexibility index (Phi) is 9.36. The van der Waals surface area contributed by atoms with Crippen molar-refractivity contribution in [2.45, 2.75) is 111 Å². The van der Waals surface area contributed by atoms with Gasteiger partial charge in [-0.05, 0) is 75.4 Å². The van der Waals surface area contributed by atoms with Crippen molar-refractivity contribution in [3.05, 3.63) is 23.8 Å². The number of hydrogen-bond donors (Lipinski definition) is 0. The Balaban J connectivity index is 2.29. The van der Waals surface area contributed by atoms with Crippen LogP contribution in [-0.4, -0.2) is 14.9 Å². The molecule has 1 nitrogen and oxygen atoms in total.